The molecule has 0 unspecified atom stereocenters. The highest BCUT2D eigenvalue weighted by Crippen LogP contribution is 2.39. The van der Waals surface area contributed by atoms with Crippen LogP contribution < -0.4 is 0 Å². The van der Waals surface area contributed by atoms with E-state index in [2.05, 4.69) is 22.1 Å². The molecule has 6 heteroatoms. The molecule has 1 amide bonds. The summed E-state index contributed by atoms with van der Waals surface area (Å²) in [6.07, 6.45) is 4.83. The number of aromatic nitrogens is 2. The molecule has 2 aromatic heterocycles. The van der Waals surface area contributed by atoms with Crippen LogP contribution >= 0.6 is 0 Å². The summed E-state index contributed by atoms with van der Waals surface area (Å²) in [6.45, 7) is 2.85. The van der Waals surface area contributed by atoms with Crippen molar-refractivity contribution in [2.24, 2.45) is 10.2 Å². The van der Waals surface area contributed by atoms with Crippen LogP contribution in [0.2, 0.25) is 0 Å². The number of hydrogen-bond donors (Lipinski definition) is 2. The Balaban J connectivity index is 1.95. The lowest BCUT2D eigenvalue weighted by molar-refractivity contribution is 0.0991. The van der Waals surface area contributed by atoms with Gasteiger partial charge in [0.25, 0.3) is 0 Å². The fraction of sp³-hybridized carbons (Fsp3) is 0.278. The van der Waals surface area contributed by atoms with Crippen LogP contribution in [-0.2, 0) is 6.54 Å². The van der Waals surface area contributed by atoms with Crippen molar-refractivity contribution in [3.05, 3.63) is 48.3 Å². The van der Waals surface area contributed by atoms with E-state index >= 15 is 0 Å². The second-order valence-corrected chi connectivity index (χ2v) is 5.64. The molecule has 2 N–H and O–H groups in total. The topological polar surface area (TPSA) is 82.7 Å². The van der Waals surface area contributed by atoms with Crippen molar-refractivity contribution in [3.63, 3.8) is 0 Å². The van der Waals surface area contributed by atoms with Crippen molar-refractivity contribution in [1.29, 1.82) is 0 Å². The highest BCUT2D eigenvalue weighted by molar-refractivity contribution is 5.96. The van der Waals surface area contributed by atoms with Gasteiger partial charge in [-0.1, -0.05) is 38.0 Å². The lowest BCUT2D eigenvalue weighted by Gasteiger charge is -2.05. The van der Waals surface area contributed by atoms with Crippen molar-refractivity contribution in [3.8, 4) is 5.88 Å². The zero-order chi connectivity index (χ0) is 16.9. The first-order chi connectivity index (χ1) is 11.7. The first kappa shape index (κ1) is 16.0. The number of nitrogens with one attached hydrogen (secondary N) is 1. The first-order valence-corrected chi connectivity index (χ1v) is 8.12. The number of hydrogen-bond acceptors (Lipinski definition) is 3. The van der Waals surface area contributed by atoms with E-state index in [1.54, 1.807) is 18.3 Å². The summed E-state index contributed by atoms with van der Waals surface area (Å²) < 4.78 is 1.83. The molecular weight excluding hydrogens is 304 g/mol. The van der Waals surface area contributed by atoms with Crippen LogP contribution in [0.3, 0.4) is 0 Å². The fourth-order valence-electron chi connectivity index (χ4n) is 2.73. The van der Waals surface area contributed by atoms with Gasteiger partial charge in [0, 0.05) is 18.1 Å². The van der Waals surface area contributed by atoms with Crippen molar-refractivity contribution in [1.82, 2.24) is 9.55 Å². The van der Waals surface area contributed by atoms with Gasteiger partial charge in [0.05, 0.1) is 5.52 Å². The molecule has 0 spiro atoms. The van der Waals surface area contributed by atoms with E-state index in [1.165, 1.54) is 0 Å². The summed E-state index contributed by atoms with van der Waals surface area (Å²) in [5.41, 5.74) is 1.60. The van der Waals surface area contributed by atoms with Crippen LogP contribution in [0, 0.1) is 0 Å². The van der Waals surface area contributed by atoms with E-state index in [0.29, 0.717) is 17.9 Å². The monoisotopic (exact) mass is 324 g/mol. The Morgan fingerprint density at radius 1 is 1.21 bits per heavy atom. The maximum atomic E-state index is 12.0. The molecule has 0 fully saturated rings. The largest absolute Gasteiger partial charge is 0.493 e. The van der Waals surface area contributed by atoms with Gasteiger partial charge in [0.2, 0.25) is 5.88 Å². The number of carbonyl (C=O) groups is 1. The molecule has 0 saturated heterocycles. The third kappa shape index (κ3) is 3.08. The number of carbonyl (C=O) groups excluding carboxylic acids is 1. The smallest absolute Gasteiger partial charge is 0.311 e. The summed E-state index contributed by atoms with van der Waals surface area (Å²) >= 11 is 0. The molecule has 0 aliphatic carbocycles. The number of aromatic hydroxyl groups is 1. The van der Waals surface area contributed by atoms with Gasteiger partial charge in [-0.3, -0.25) is 4.79 Å². The number of unbranched alkanes of at least 4 members (excludes halogenated alkanes) is 2. The number of rotatable bonds is 6. The van der Waals surface area contributed by atoms with E-state index in [4.69, 9.17) is 0 Å². The Hall–Kier alpha value is -2.89. The zero-order valence-electron chi connectivity index (χ0n) is 13.6. The lowest BCUT2D eigenvalue weighted by Crippen LogP contribution is -1.96. The lowest BCUT2D eigenvalue weighted by atomic mass is 10.2. The van der Waals surface area contributed by atoms with Crippen LogP contribution in [0.1, 0.15) is 36.7 Å². The Morgan fingerprint density at radius 2 is 2.04 bits per heavy atom. The number of nitrogens with zero attached hydrogens (tertiary/aromatic N) is 3. The minimum atomic E-state index is -0.470. The van der Waals surface area contributed by atoms with Crippen molar-refractivity contribution in [2.75, 3.05) is 0 Å². The Kier molecular flexibility index (Phi) is 4.74. The van der Waals surface area contributed by atoms with Crippen molar-refractivity contribution >= 4 is 22.5 Å². The van der Waals surface area contributed by atoms with Gasteiger partial charge in [-0.15, -0.1) is 10.2 Å². The summed E-state index contributed by atoms with van der Waals surface area (Å²) in [5.74, 6) is -0.419. The summed E-state index contributed by atoms with van der Waals surface area (Å²) in [6, 6.07) is 11.0. The predicted octanol–water partition coefficient (Wildman–Crippen LogP) is 4.79. The number of fused-ring (bicyclic) bond motifs is 1. The van der Waals surface area contributed by atoms with Crippen molar-refractivity contribution < 1.29 is 9.90 Å². The quantitative estimate of drug-likeness (QED) is 0.505. The van der Waals surface area contributed by atoms with Gasteiger partial charge >= 0.3 is 5.91 Å². The van der Waals surface area contributed by atoms with Crippen LogP contribution in [0.4, 0.5) is 5.69 Å². The van der Waals surface area contributed by atoms with Gasteiger partial charge in [0.15, 0.2) is 5.69 Å². The summed E-state index contributed by atoms with van der Waals surface area (Å²) in [7, 11) is 0. The number of H-pyrrole nitrogens is 1. The second kappa shape index (κ2) is 7.12. The van der Waals surface area contributed by atoms with Gasteiger partial charge in [-0.2, -0.15) is 0 Å². The molecule has 24 heavy (non-hydrogen) atoms. The second-order valence-electron chi connectivity index (χ2n) is 5.64. The van der Waals surface area contributed by atoms with E-state index in [-0.39, 0.29) is 5.88 Å². The SMILES string of the molecule is CCCCCn1c(O)c(N=NC(=O)c2ccc[nH]2)c2ccccc21. The molecule has 0 saturated carbocycles. The average molecular weight is 324 g/mol. The van der Waals surface area contributed by atoms with E-state index in [1.807, 2.05) is 28.8 Å². The molecule has 6 nitrogen and oxygen atoms in total. The number of benzene rings is 1. The molecule has 0 atom stereocenters. The normalized spacial score (nSPS) is 11.5. The molecule has 3 aromatic rings. The minimum Gasteiger partial charge on any atom is -0.493 e. The first-order valence-electron chi connectivity index (χ1n) is 8.12. The van der Waals surface area contributed by atoms with E-state index in [0.717, 1.165) is 30.2 Å². The van der Waals surface area contributed by atoms with Gasteiger partial charge in [0.1, 0.15) is 5.69 Å². The Bertz CT molecular complexity index is 863. The van der Waals surface area contributed by atoms with Crippen molar-refractivity contribution in [2.45, 2.75) is 32.7 Å². The predicted molar refractivity (Wildman–Crippen MR) is 92.8 cm³/mol. The number of amides is 1. The minimum absolute atomic E-state index is 0.0512. The van der Waals surface area contributed by atoms with Crippen LogP contribution in [0.15, 0.2) is 52.8 Å². The van der Waals surface area contributed by atoms with Gasteiger partial charge in [-0.05, 0) is 24.6 Å². The van der Waals surface area contributed by atoms with Gasteiger partial charge < -0.3 is 14.7 Å². The number of azo groups is 1. The van der Waals surface area contributed by atoms with Crippen LogP contribution in [0.25, 0.3) is 10.9 Å². The zero-order valence-corrected chi connectivity index (χ0v) is 13.6. The molecule has 0 bridgehead atoms. The summed E-state index contributed by atoms with van der Waals surface area (Å²) in [4.78, 5) is 14.8. The molecule has 3 rings (SSSR count). The molecule has 124 valence electrons. The molecule has 0 aliphatic heterocycles. The molecule has 0 aliphatic rings. The molecule has 1 aromatic carbocycles. The number of para-hydroxylation sites is 1. The highest BCUT2D eigenvalue weighted by Gasteiger charge is 2.16. The maximum absolute atomic E-state index is 12.0. The van der Waals surface area contributed by atoms with E-state index < -0.39 is 5.91 Å². The standard InChI is InChI=1S/C18H20N4O2/c1-2-3-6-12-22-15-10-5-4-8-13(15)16(18(22)24)20-21-17(23)14-9-7-11-19-14/h4-5,7-11,19,24H,2-3,6,12H2,1H3. The van der Waals surface area contributed by atoms with E-state index in [9.17, 15) is 9.90 Å². The molecular formula is C18H20N4O2. The number of aryl methyl sites for hydroxylation is 1. The van der Waals surface area contributed by atoms with Crippen LogP contribution in [-0.4, -0.2) is 20.6 Å². The number of aromatic amines is 1. The van der Waals surface area contributed by atoms with Gasteiger partial charge in [-0.25, -0.2) is 0 Å². The van der Waals surface area contributed by atoms with Crippen LogP contribution in [0.5, 0.6) is 5.88 Å². The third-order valence-electron chi connectivity index (χ3n) is 3.97. The molecule has 2 heterocycles. The fourth-order valence-corrected chi connectivity index (χ4v) is 2.73. The Morgan fingerprint density at radius 3 is 2.79 bits per heavy atom. The Labute approximate surface area is 139 Å². The third-order valence-corrected chi connectivity index (χ3v) is 3.97. The maximum Gasteiger partial charge on any atom is 0.311 e. The highest BCUT2D eigenvalue weighted by atomic mass is 16.3. The molecule has 0 radical (unpaired) electrons. The average Bonchev–Trinajstić information content (AvgIpc) is 3.21. The summed E-state index contributed by atoms with van der Waals surface area (Å²) in [5, 5.41) is 19.1.